The highest BCUT2D eigenvalue weighted by Gasteiger charge is 2.57. The molecule has 140 valence electrons. The number of thioether (sulfide) groups is 1. The quantitative estimate of drug-likeness (QED) is 0.314. The molecule has 2 aliphatic rings. The number of nitrogens with two attached hydrogens (primary N) is 1. The molecule has 3 atom stereocenters. The van der Waals surface area contributed by atoms with Gasteiger partial charge in [-0.25, -0.2) is 9.59 Å². The largest absolute Gasteiger partial charge is 0.444 e. The smallest absolute Gasteiger partial charge is 0.404 e. The second-order valence-electron chi connectivity index (χ2n) is 5.05. The highest BCUT2D eigenvalue weighted by Crippen LogP contribution is 2.50. The zero-order valence-electron chi connectivity index (χ0n) is 13.4. The van der Waals surface area contributed by atoms with Gasteiger partial charge in [0, 0.05) is 6.92 Å². The van der Waals surface area contributed by atoms with Gasteiger partial charge in [-0.3, -0.25) is 14.5 Å². The van der Waals surface area contributed by atoms with Crippen LogP contribution < -0.4 is 5.73 Å². The molecule has 1 fully saturated rings. The molecule has 0 aromatic heterocycles. The highest BCUT2D eigenvalue weighted by atomic mass is 32.2. The average molecular weight is 378 g/mol. The molecule has 0 aromatic rings. The molecule has 2 amide bonds. The van der Waals surface area contributed by atoms with Gasteiger partial charge in [0.25, 0.3) is 0 Å². The standard InChI is InChI=1S/C13H16N2O8S.H2O/c1-5(16)8-10(18)15-9(12(19)23-4-22-6(2)17)7(24-11(8)15)3-21-13(14)20;/h5,8,11,16H,3-4H2,1-2H3,(H2,14,20);1H2/t5-,8-,11-;/m1./s1. The molecular formula is C13H18N2O9S. The summed E-state index contributed by atoms with van der Waals surface area (Å²) in [5, 5.41) is 9.16. The third-order valence-corrected chi connectivity index (χ3v) is 4.70. The summed E-state index contributed by atoms with van der Waals surface area (Å²) in [7, 11) is 0. The van der Waals surface area contributed by atoms with Gasteiger partial charge in [0.2, 0.25) is 12.7 Å². The van der Waals surface area contributed by atoms with E-state index in [2.05, 4.69) is 9.47 Å². The van der Waals surface area contributed by atoms with Crippen molar-refractivity contribution in [2.24, 2.45) is 11.7 Å². The van der Waals surface area contributed by atoms with Crippen LogP contribution in [0.3, 0.4) is 0 Å². The first-order valence-electron chi connectivity index (χ1n) is 6.87. The van der Waals surface area contributed by atoms with E-state index < -0.39 is 48.1 Å². The lowest BCUT2D eigenvalue weighted by molar-refractivity contribution is -0.168. The van der Waals surface area contributed by atoms with Gasteiger partial charge in [-0.15, -0.1) is 0 Å². The second-order valence-corrected chi connectivity index (χ2v) is 6.26. The van der Waals surface area contributed by atoms with Crippen LogP contribution in [0.1, 0.15) is 13.8 Å². The van der Waals surface area contributed by atoms with Crippen LogP contribution in [0, 0.1) is 5.92 Å². The minimum Gasteiger partial charge on any atom is -0.444 e. The summed E-state index contributed by atoms with van der Waals surface area (Å²) >= 11 is 1.10. The topological polar surface area (TPSA) is 177 Å². The van der Waals surface area contributed by atoms with E-state index >= 15 is 0 Å². The van der Waals surface area contributed by atoms with Gasteiger partial charge < -0.3 is 30.5 Å². The van der Waals surface area contributed by atoms with Crippen molar-refractivity contribution in [3.8, 4) is 0 Å². The number of aliphatic hydroxyl groups is 1. The van der Waals surface area contributed by atoms with E-state index in [1.54, 1.807) is 0 Å². The second kappa shape index (κ2) is 8.18. The van der Waals surface area contributed by atoms with Crippen LogP contribution in [0.25, 0.3) is 0 Å². The lowest BCUT2D eigenvalue weighted by Gasteiger charge is -2.43. The van der Waals surface area contributed by atoms with E-state index in [0.717, 1.165) is 23.6 Å². The van der Waals surface area contributed by atoms with Crippen molar-refractivity contribution in [1.29, 1.82) is 0 Å². The van der Waals surface area contributed by atoms with E-state index in [-0.39, 0.29) is 22.7 Å². The monoisotopic (exact) mass is 378 g/mol. The van der Waals surface area contributed by atoms with Gasteiger partial charge in [0.15, 0.2) is 0 Å². The van der Waals surface area contributed by atoms with Crippen LogP contribution in [0.4, 0.5) is 4.79 Å². The lowest BCUT2D eigenvalue weighted by Crippen LogP contribution is -2.60. The van der Waals surface area contributed by atoms with Crippen LogP contribution in [-0.2, 0) is 28.6 Å². The fourth-order valence-corrected chi connectivity index (χ4v) is 3.83. The number of rotatable bonds is 6. The first kappa shape index (κ1) is 20.7. The summed E-state index contributed by atoms with van der Waals surface area (Å²) in [5.41, 5.74) is 4.80. The number of hydrogen-bond acceptors (Lipinski definition) is 9. The molecule has 11 nitrogen and oxygen atoms in total. The molecule has 2 aliphatic heterocycles. The lowest BCUT2D eigenvalue weighted by atomic mass is 9.92. The summed E-state index contributed by atoms with van der Waals surface area (Å²) in [6.45, 7) is 1.69. The Balaban J connectivity index is 0.00000312. The zero-order valence-corrected chi connectivity index (χ0v) is 14.2. The van der Waals surface area contributed by atoms with Gasteiger partial charge in [-0.1, -0.05) is 11.8 Å². The molecule has 2 rings (SSSR count). The minimum atomic E-state index is -1.04. The molecule has 1 saturated heterocycles. The molecule has 2 heterocycles. The van der Waals surface area contributed by atoms with Crippen LogP contribution >= 0.6 is 11.8 Å². The number of β-lactam (4-membered cyclic amide) rings is 1. The minimum absolute atomic E-state index is 0. The van der Waals surface area contributed by atoms with Crippen molar-refractivity contribution in [2.75, 3.05) is 13.4 Å². The first-order chi connectivity index (χ1) is 11.2. The molecular weight excluding hydrogens is 360 g/mol. The number of nitrogens with zero attached hydrogens (tertiary/aromatic N) is 1. The Morgan fingerprint density at radius 1 is 1.32 bits per heavy atom. The van der Waals surface area contributed by atoms with E-state index in [0.29, 0.717) is 0 Å². The summed E-state index contributed by atoms with van der Waals surface area (Å²) in [6, 6.07) is 0. The number of carbonyl (C=O) groups is 4. The van der Waals surface area contributed by atoms with Gasteiger partial charge in [-0.2, -0.15) is 0 Å². The molecule has 0 radical (unpaired) electrons. The Hall–Kier alpha value is -2.31. The molecule has 25 heavy (non-hydrogen) atoms. The number of carbonyl (C=O) groups excluding carboxylic acids is 4. The van der Waals surface area contributed by atoms with Gasteiger partial charge >= 0.3 is 18.0 Å². The molecule has 0 bridgehead atoms. The summed E-state index contributed by atoms with van der Waals surface area (Å²) < 4.78 is 14.0. The van der Waals surface area contributed by atoms with Crippen LogP contribution in [0.2, 0.25) is 0 Å². The molecule has 5 N–H and O–H groups in total. The van der Waals surface area contributed by atoms with Crippen molar-refractivity contribution in [3.63, 3.8) is 0 Å². The third-order valence-electron chi connectivity index (χ3n) is 3.36. The fourth-order valence-electron chi connectivity index (χ4n) is 2.32. The predicted molar refractivity (Wildman–Crippen MR) is 82.3 cm³/mol. The molecule has 0 aliphatic carbocycles. The first-order valence-corrected chi connectivity index (χ1v) is 7.75. The number of aliphatic hydroxyl groups excluding tert-OH is 1. The van der Waals surface area contributed by atoms with Crippen molar-refractivity contribution in [3.05, 3.63) is 10.6 Å². The number of ether oxygens (including phenoxy) is 3. The maximum atomic E-state index is 12.2. The van der Waals surface area contributed by atoms with Gasteiger partial charge in [0.1, 0.15) is 17.7 Å². The Kier molecular flexibility index (Phi) is 6.78. The van der Waals surface area contributed by atoms with Gasteiger partial charge in [0.05, 0.1) is 16.9 Å². The Labute approximate surface area is 146 Å². The zero-order chi connectivity index (χ0) is 18.0. The normalized spacial score (nSPS) is 22.4. The van der Waals surface area contributed by atoms with E-state index in [9.17, 15) is 24.3 Å². The number of primary amides is 1. The Morgan fingerprint density at radius 2 is 1.96 bits per heavy atom. The summed E-state index contributed by atoms with van der Waals surface area (Å²) in [6.07, 6.45) is -1.94. The molecule has 0 spiro atoms. The van der Waals surface area contributed by atoms with Crippen LogP contribution in [-0.4, -0.2) is 64.3 Å². The van der Waals surface area contributed by atoms with Crippen molar-refractivity contribution in [1.82, 2.24) is 4.90 Å². The van der Waals surface area contributed by atoms with Crippen molar-refractivity contribution in [2.45, 2.75) is 25.3 Å². The molecule has 12 heteroatoms. The number of fused-ring (bicyclic) bond motifs is 1. The van der Waals surface area contributed by atoms with Gasteiger partial charge in [-0.05, 0) is 6.92 Å². The van der Waals surface area contributed by atoms with E-state index in [1.165, 1.54) is 6.92 Å². The number of hydrogen-bond donors (Lipinski definition) is 2. The number of amides is 2. The maximum Gasteiger partial charge on any atom is 0.404 e. The Morgan fingerprint density at radius 3 is 2.48 bits per heavy atom. The van der Waals surface area contributed by atoms with Crippen LogP contribution in [0.5, 0.6) is 0 Å². The molecule has 0 unspecified atom stereocenters. The summed E-state index contributed by atoms with van der Waals surface area (Å²) in [4.78, 5) is 47.2. The third kappa shape index (κ3) is 4.21. The maximum absolute atomic E-state index is 12.2. The highest BCUT2D eigenvalue weighted by molar-refractivity contribution is 8.04. The van der Waals surface area contributed by atoms with E-state index in [1.807, 2.05) is 0 Å². The van der Waals surface area contributed by atoms with E-state index in [4.69, 9.17) is 10.5 Å². The molecule has 0 saturated carbocycles. The number of esters is 2. The average Bonchev–Trinajstić information content (AvgIpc) is 2.78. The van der Waals surface area contributed by atoms with Crippen molar-refractivity contribution >= 4 is 35.7 Å². The van der Waals surface area contributed by atoms with Crippen molar-refractivity contribution < 1.29 is 44.0 Å². The summed E-state index contributed by atoms with van der Waals surface area (Å²) in [5.74, 6) is -2.68. The molecule has 0 aromatic carbocycles. The SMILES string of the molecule is CC(=O)OCOC(=O)C1=C(COC(N)=O)S[C@@H]2[C@H]([C@@H](C)O)C(=O)N12.O. The fraction of sp³-hybridized carbons (Fsp3) is 0.538. The van der Waals surface area contributed by atoms with Crippen LogP contribution in [0.15, 0.2) is 10.6 Å². The predicted octanol–water partition coefficient (Wildman–Crippen LogP) is -1.56. The Bertz CT molecular complexity index is 619.